The fourth-order valence-electron chi connectivity index (χ4n) is 2.02. The Morgan fingerprint density at radius 2 is 1.63 bits per heavy atom. The summed E-state index contributed by atoms with van der Waals surface area (Å²) >= 11 is 11.4. The summed E-state index contributed by atoms with van der Waals surface area (Å²) in [6.45, 7) is 2.89. The number of aryl methyl sites for hydroxylation is 1. The van der Waals surface area contributed by atoms with E-state index in [1.54, 1.807) is 0 Å². The highest BCUT2D eigenvalue weighted by Crippen LogP contribution is 2.13. The lowest BCUT2D eigenvalue weighted by Gasteiger charge is -2.06. The molecule has 0 atom stereocenters. The van der Waals surface area contributed by atoms with Gasteiger partial charge in [-0.3, -0.25) is 9.36 Å². The molecule has 0 aliphatic carbocycles. The second kappa shape index (κ2) is 9.38. The van der Waals surface area contributed by atoms with Gasteiger partial charge in [0.15, 0.2) is 5.15 Å². The number of unbranched alkanes of at least 4 members (excludes halogenated alkanes) is 7. The molecule has 1 rings (SSSR count). The predicted octanol–water partition coefficient (Wildman–Crippen LogP) is 4.69. The molecule has 0 saturated heterocycles. The molecule has 0 aliphatic rings. The minimum atomic E-state index is -0.246. The van der Waals surface area contributed by atoms with E-state index in [0.717, 1.165) is 12.8 Å². The summed E-state index contributed by atoms with van der Waals surface area (Å²) in [5, 5.41) is 0.0996. The van der Waals surface area contributed by atoms with Crippen molar-refractivity contribution < 1.29 is 0 Å². The van der Waals surface area contributed by atoms with Crippen molar-refractivity contribution in [3.05, 3.63) is 26.9 Å². The molecule has 108 valence electrons. The summed E-state index contributed by atoms with van der Waals surface area (Å²) in [5.41, 5.74) is -0.246. The third-order valence-electron chi connectivity index (χ3n) is 3.19. The van der Waals surface area contributed by atoms with Gasteiger partial charge in [-0.25, -0.2) is 4.98 Å². The second-order valence-corrected chi connectivity index (χ2v) is 5.56. The van der Waals surface area contributed by atoms with Gasteiger partial charge in [0.25, 0.3) is 5.56 Å². The van der Waals surface area contributed by atoms with E-state index in [1.807, 2.05) is 0 Å². The standard InChI is InChI=1S/C14H22Cl2N2O/c1-2-3-4-5-6-7-8-9-10-18-11-17-13(16)12(15)14(18)19/h11H,2-10H2,1H3. The number of nitrogens with zero attached hydrogens (tertiary/aromatic N) is 2. The van der Waals surface area contributed by atoms with Crippen LogP contribution in [0.4, 0.5) is 0 Å². The molecule has 0 fully saturated rings. The van der Waals surface area contributed by atoms with Crippen molar-refractivity contribution in [1.29, 1.82) is 0 Å². The van der Waals surface area contributed by atoms with Crippen LogP contribution in [0.15, 0.2) is 11.1 Å². The Hall–Kier alpha value is -0.540. The molecular formula is C14H22Cl2N2O. The number of aromatic nitrogens is 2. The van der Waals surface area contributed by atoms with Crippen molar-refractivity contribution in [2.75, 3.05) is 0 Å². The topological polar surface area (TPSA) is 34.9 Å². The van der Waals surface area contributed by atoms with Gasteiger partial charge in [-0.05, 0) is 6.42 Å². The van der Waals surface area contributed by atoms with Gasteiger partial charge >= 0.3 is 0 Å². The molecule has 0 unspecified atom stereocenters. The van der Waals surface area contributed by atoms with Crippen LogP contribution in [0, 0.1) is 0 Å². The summed E-state index contributed by atoms with van der Waals surface area (Å²) in [4.78, 5) is 15.6. The van der Waals surface area contributed by atoms with Crippen LogP contribution in [0.2, 0.25) is 10.2 Å². The normalized spacial score (nSPS) is 10.9. The Kier molecular flexibility index (Phi) is 8.15. The van der Waals surface area contributed by atoms with Crippen molar-refractivity contribution in [3.8, 4) is 0 Å². The molecule has 1 aromatic rings. The molecule has 19 heavy (non-hydrogen) atoms. The molecule has 0 aliphatic heterocycles. The van der Waals surface area contributed by atoms with Gasteiger partial charge in [-0.1, -0.05) is 75.1 Å². The quantitative estimate of drug-likeness (QED) is 0.490. The fraction of sp³-hybridized carbons (Fsp3) is 0.714. The molecule has 0 spiro atoms. The highest BCUT2D eigenvalue weighted by Gasteiger charge is 2.06. The first-order valence-electron chi connectivity index (χ1n) is 7.07. The molecule has 1 aromatic heterocycles. The van der Waals surface area contributed by atoms with E-state index in [-0.39, 0.29) is 15.7 Å². The van der Waals surface area contributed by atoms with Gasteiger partial charge in [-0.15, -0.1) is 0 Å². The number of halogens is 2. The Bertz CT molecular complexity index is 432. The largest absolute Gasteiger partial charge is 0.298 e. The maximum atomic E-state index is 11.7. The molecular weight excluding hydrogens is 283 g/mol. The number of rotatable bonds is 9. The Labute approximate surface area is 124 Å². The number of hydrogen-bond acceptors (Lipinski definition) is 2. The summed E-state index contributed by atoms with van der Waals surface area (Å²) in [6.07, 6.45) is 11.4. The van der Waals surface area contributed by atoms with E-state index in [9.17, 15) is 4.79 Å². The van der Waals surface area contributed by atoms with Crippen LogP contribution in [0.5, 0.6) is 0 Å². The number of hydrogen-bond donors (Lipinski definition) is 0. The van der Waals surface area contributed by atoms with Gasteiger partial charge in [0, 0.05) is 6.54 Å². The third kappa shape index (κ3) is 5.96. The summed E-state index contributed by atoms with van der Waals surface area (Å²) in [6, 6.07) is 0. The molecule has 0 N–H and O–H groups in total. The summed E-state index contributed by atoms with van der Waals surface area (Å²) < 4.78 is 1.53. The van der Waals surface area contributed by atoms with Crippen molar-refractivity contribution in [2.24, 2.45) is 0 Å². The summed E-state index contributed by atoms with van der Waals surface area (Å²) in [7, 11) is 0. The van der Waals surface area contributed by atoms with Crippen molar-refractivity contribution >= 4 is 23.2 Å². The lowest BCUT2D eigenvalue weighted by atomic mass is 10.1. The predicted molar refractivity (Wildman–Crippen MR) is 81.1 cm³/mol. The van der Waals surface area contributed by atoms with E-state index < -0.39 is 0 Å². The maximum absolute atomic E-state index is 11.7. The average Bonchev–Trinajstić information content (AvgIpc) is 2.41. The highest BCUT2D eigenvalue weighted by atomic mass is 35.5. The van der Waals surface area contributed by atoms with E-state index in [1.165, 1.54) is 49.4 Å². The molecule has 0 aromatic carbocycles. The minimum absolute atomic E-state index is 0.0173. The lowest BCUT2D eigenvalue weighted by Crippen LogP contribution is -2.21. The van der Waals surface area contributed by atoms with Crippen LogP contribution in [-0.4, -0.2) is 9.55 Å². The Morgan fingerprint density at radius 3 is 2.26 bits per heavy atom. The highest BCUT2D eigenvalue weighted by molar-refractivity contribution is 6.40. The SMILES string of the molecule is CCCCCCCCCCn1cnc(Cl)c(Cl)c1=O. The van der Waals surface area contributed by atoms with Crippen molar-refractivity contribution in [2.45, 2.75) is 64.8 Å². The van der Waals surface area contributed by atoms with Crippen LogP contribution < -0.4 is 5.56 Å². The van der Waals surface area contributed by atoms with Gasteiger partial charge in [0.2, 0.25) is 0 Å². The lowest BCUT2D eigenvalue weighted by molar-refractivity contribution is 0.534. The van der Waals surface area contributed by atoms with Gasteiger partial charge in [0.1, 0.15) is 5.02 Å². The first-order chi connectivity index (χ1) is 9.16. The monoisotopic (exact) mass is 304 g/mol. The molecule has 5 heteroatoms. The molecule has 0 bridgehead atoms. The van der Waals surface area contributed by atoms with Gasteiger partial charge < -0.3 is 0 Å². The molecule has 0 amide bonds. The molecule has 0 saturated carbocycles. The molecule has 0 radical (unpaired) electrons. The van der Waals surface area contributed by atoms with Crippen LogP contribution in [-0.2, 0) is 6.54 Å². The van der Waals surface area contributed by atoms with Crippen molar-refractivity contribution in [3.63, 3.8) is 0 Å². The minimum Gasteiger partial charge on any atom is -0.298 e. The van der Waals surface area contributed by atoms with Crippen molar-refractivity contribution in [1.82, 2.24) is 9.55 Å². The first-order valence-corrected chi connectivity index (χ1v) is 7.82. The average molecular weight is 305 g/mol. The van der Waals surface area contributed by atoms with E-state index in [4.69, 9.17) is 23.2 Å². The zero-order valence-corrected chi connectivity index (χ0v) is 13.0. The fourth-order valence-corrected chi connectivity index (χ4v) is 2.30. The third-order valence-corrected chi connectivity index (χ3v) is 3.92. The Balaban J connectivity index is 2.20. The van der Waals surface area contributed by atoms with Crippen LogP contribution in [0.3, 0.4) is 0 Å². The first kappa shape index (κ1) is 16.5. The van der Waals surface area contributed by atoms with Crippen LogP contribution in [0.1, 0.15) is 58.3 Å². The van der Waals surface area contributed by atoms with Crippen LogP contribution >= 0.6 is 23.2 Å². The Morgan fingerprint density at radius 1 is 1.05 bits per heavy atom. The van der Waals surface area contributed by atoms with E-state index >= 15 is 0 Å². The molecule has 3 nitrogen and oxygen atoms in total. The second-order valence-electron chi connectivity index (χ2n) is 4.82. The van der Waals surface area contributed by atoms with E-state index in [0.29, 0.717) is 6.54 Å². The van der Waals surface area contributed by atoms with Gasteiger partial charge in [-0.2, -0.15) is 0 Å². The zero-order valence-electron chi connectivity index (χ0n) is 11.5. The van der Waals surface area contributed by atoms with E-state index in [2.05, 4.69) is 11.9 Å². The van der Waals surface area contributed by atoms with Gasteiger partial charge in [0.05, 0.1) is 6.33 Å². The maximum Gasteiger partial charge on any atom is 0.273 e. The summed E-state index contributed by atoms with van der Waals surface area (Å²) in [5.74, 6) is 0. The van der Waals surface area contributed by atoms with Crippen LogP contribution in [0.25, 0.3) is 0 Å². The molecule has 1 heterocycles. The smallest absolute Gasteiger partial charge is 0.273 e. The zero-order chi connectivity index (χ0) is 14.1.